The van der Waals surface area contributed by atoms with Gasteiger partial charge in [0, 0.05) is 12.8 Å². The molecule has 9 nitrogen and oxygen atoms in total. The normalized spacial score (nSPS) is 13.2. The molecule has 0 bridgehead atoms. The molecule has 480 valence electrons. The molecule has 0 heterocycles. The van der Waals surface area contributed by atoms with E-state index in [1.165, 1.54) is 199 Å². The summed E-state index contributed by atoms with van der Waals surface area (Å²) >= 11 is 0. The molecule has 0 aromatic carbocycles. The Morgan fingerprint density at radius 2 is 0.687 bits per heavy atom. The Morgan fingerprint density at radius 3 is 1.02 bits per heavy atom. The van der Waals surface area contributed by atoms with Crippen molar-refractivity contribution in [1.29, 1.82) is 0 Å². The summed E-state index contributed by atoms with van der Waals surface area (Å²) in [6, 6.07) is 0. The second-order valence-electron chi connectivity index (χ2n) is 24.4. The number of hydrogen-bond acceptors (Lipinski definition) is 8. The van der Waals surface area contributed by atoms with Crippen molar-refractivity contribution in [3.63, 3.8) is 0 Å². The lowest BCUT2D eigenvalue weighted by molar-refractivity contribution is -0.870. The number of carbonyl (C=O) groups excluding carboxylic acids is 3. The molecule has 2 unspecified atom stereocenters. The number of allylic oxidation sites excluding steroid dienone is 14. The molecule has 0 radical (unpaired) electrons. The number of likely N-dealkylation sites (N-methyl/N-ethyl adjacent to an activating group) is 1. The van der Waals surface area contributed by atoms with Gasteiger partial charge < -0.3 is 33.3 Å². The number of esters is 2. The fraction of sp³-hybridized carbons (Fsp3) is 0.770. The van der Waals surface area contributed by atoms with E-state index in [9.17, 15) is 19.5 Å². The fourth-order valence-corrected chi connectivity index (χ4v) is 9.83. The standard InChI is InChI=1S/C74H131NO8/c1-6-8-10-12-14-16-18-20-22-24-26-28-30-32-34-35-36-37-39-40-42-44-46-48-50-52-54-56-58-60-62-64-71(76)81-68-70(69-82-74(73(78)79)80-67-66-75(3,4)5)83-72(77)65-63-61-59-57-55-53-51-49-47-45-43-41-38-33-31-29-27-25-23-21-19-17-15-13-11-9-7-2/h9,11,15,17-18,20-21,23-24,26-27,29-30,32,70,74H,6-8,10,12-14,16,19,22,25,28,31,33-69H2,1-5H3/b11-9-,17-15-,20-18-,23-21-,26-24-,29-27-,32-30-. The van der Waals surface area contributed by atoms with Crippen molar-refractivity contribution in [2.75, 3.05) is 47.5 Å². The molecule has 0 aliphatic rings. The summed E-state index contributed by atoms with van der Waals surface area (Å²) < 4.78 is 22.8. The van der Waals surface area contributed by atoms with Crippen LogP contribution < -0.4 is 5.11 Å². The number of quaternary nitrogens is 1. The molecule has 0 aliphatic carbocycles. The number of unbranched alkanes of at least 4 members (excludes halogenated alkanes) is 35. The van der Waals surface area contributed by atoms with E-state index < -0.39 is 24.3 Å². The Bertz CT molecular complexity index is 1640. The Hall–Kier alpha value is -3.53. The van der Waals surface area contributed by atoms with Crippen molar-refractivity contribution in [2.45, 2.75) is 322 Å². The van der Waals surface area contributed by atoms with Crippen molar-refractivity contribution in [1.82, 2.24) is 0 Å². The van der Waals surface area contributed by atoms with Gasteiger partial charge in [-0.15, -0.1) is 0 Å². The summed E-state index contributed by atoms with van der Waals surface area (Å²) in [6.45, 7) is 4.66. The number of carboxylic acid groups (broad SMARTS) is 1. The van der Waals surface area contributed by atoms with Gasteiger partial charge in [0.25, 0.3) is 0 Å². The van der Waals surface area contributed by atoms with Crippen LogP contribution in [0.1, 0.15) is 309 Å². The van der Waals surface area contributed by atoms with Crippen molar-refractivity contribution >= 4 is 17.9 Å². The molecular formula is C74H131NO8. The second-order valence-corrected chi connectivity index (χ2v) is 24.4. The SMILES string of the molecule is CC/C=C\C/C=C\C/C=C\C/C=C\CCCCCCCCCCCCCCCCC(=O)OC(COC(=O)CCCCCCCCCCCCCCCCCC/C=C\C/C=C\C/C=C\CCCCCCC)COC(OCC[N+](C)(C)C)C(=O)[O-]. The van der Waals surface area contributed by atoms with Gasteiger partial charge in [-0.25, -0.2) is 0 Å². The van der Waals surface area contributed by atoms with E-state index >= 15 is 0 Å². The number of aliphatic carboxylic acids is 1. The van der Waals surface area contributed by atoms with Crippen LogP contribution in [0, 0.1) is 0 Å². The maximum absolute atomic E-state index is 12.9. The highest BCUT2D eigenvalue weighted by Gasteiger charge is 2.22. The third kappa shape index (κ3) is 65.9. The van der Waals surface area contributed by atoms with E-state index in [1.54, 1.807) is 0 Å². The monoisotopic (exact) mass is 1160 g/mol. The highest BCUT2D eigenvalue weighted by molar-refractivity contribution is 5.70. The number of ether oxygens (including phenoxy) is 4. The molecule has 2 atom stereocenters. The van der Waals surface area contributed by atoms with Crippen LogP contribution in [0.5, 0.6) is 0 Å². The largest absolute Gasteiger partial charge is 0.545 e. The summed E-state index contributed by atoms with van der Waals surface area (Å²) in [4.78, 5) is 37.5. The Labute approximate surface area is 512 Å². The molecule has 9 heteroatoms. The van der Waals surface area contributed by atoms with Crippen LogP contribution in [-0.4, -0.2) is 82.3 Å². The van der Waals surface area contributed by atoms with Gasteiger partial charge in [-0.1, -0.05) is 292 Å². The van der Waals surface area contributed by atoms with Crippen LogP contribution >= 0.6 is 0 Å². The average Bonchev–Trinajstić information content (AvgIpc) is 3.46. The van der Waals surface area contributed by atoms with Crippen molar-refractivity contribution < 1.29 is 42.9 Å². The van der Waals surface area contributed by atoms with Gasteiger partial charge in [0.2, 0.25) is 0 Å². The van der Waals surface area contributed by atoms with Gasteiger partial charge in [0.05, 0.1) is 40.3 Å². The maximum atomic E-state index is 12.9. The van der Waals surface area contributed by atoms with Crippen LogP contribution in [0.4, 0.5) is 0 Å². The van der Waals surface area contributed by atoms with E-state index in [0.29, 0.717) is 23.9 Å². The van der Waals surface area contributed by atoms with Gasteiger partial charge in [0.15, 0.2) is 12.4 Å². The predicted octanol–water partition coefficient (Wildman–Crippen LogP) is 20.1. The fourth-order valence-electron chi connectivity index (χ4n) is 9.83. The van der Waals surface area contributed by atoms with Crippen molar-refractivity contribution in [2.24, 2.45) is 0 Å². The van der Waals surface area contributed by atoms with Gasteiger partial charge in [-0.05, 0) is 89.9 Å². The Kier molecular flexibility index (Phi) is 61.7. The lowest BCUT2D eigenvalue weighted by atomic mass is 10.0. The summed E-state index contributed by atoms with van der Waals surface area (Å²) in [5.74, 6) is -2.27. The minimum atomic E-state index is -1.62. The first-order valence-electron chi connectivity index (χ1n) is 34.7. The Balaban J connectivity index is 4.11. The second kappa shape index (κ2) is 64.5. The molecule has 0 spiro atoms. The van der Waals surface area contributed by atoms with Crippen LogP contribution in [0.3, 0.4) is 0 Å². The minimum absolute atomic E-state index is 0.146. The molecule has 0 fully saturated rings. The van der Waals surface area contributed by atoms with Gasteiger partial charge in [0.1, 0.15) is 13.2 Å². The van der Waals surface area contributed by atoms with Crippen LogP contribution in [0.25, 0.3) is 0 Å². The van der Waals surface area contributed by atoms with E-state index in [-0.39, 0.29) is 32.2 Å². The first kappa shape index (κ1) is 79.5. The summed E-state index contributed by atoms with van der Waals surface area (Å²) in [7, 11) is 5.93. The summed E-state index contributed by atoms with van der Waals surface area (Å²) in [5.41, 5.74) is 0. The third-order valence-corrected chi connectivity index (χ3v) is 15.1. The van der Waals surface area contributed by atoms with Crippen LogP contribution in [-0.2, 0) is 33.3 Å². The molecule has 0 amide bonds. The quantitative estimate of drug-likeness (QED) is 0.0195. The summed E-state index contributed by atoms with van der Waals surface area (Å²) in [6.07, 6.45) is 83.7. The highest BCUT2D eigenvalue weighted by Crippen LogP contribution is 2.18. The smallest absolute Gasteiger partial charge is 0.306 e. The number of carbonyl (C=O) groups is 3. The molecule has 0 saturated carbocycles. The zero-order valence-electron chi connectivity index (χ0n) is 54.8. The van der Waals surface area contributed by atoms with Crippen LogP contribution in [0.2, 0.25) is 0 Å². The zero-order valence-corrected chi connectivity index (χ0v) is 54.8. The van der Waals surface area contributed by atoms with Gasteiger partial charge in [-0.2, -0.15) is 0 Å². The zero-order chi connectivity index (χ0) is 60.5. The first-order chi connectivity index (χ1) is 40.6. The molecule has 0 aromatic heterocycles. The van der Waals surface area contributed by atoms with Crippen molar-refractivity contribution in [3.05, 3.63) is 85.1 Å². The molecule has 0 aliphatic heterocycles. The molecule has 83 heavy (non-hydrogen) atoms. The molecule has 0 N–H and O–H groups in total. The van der Waals surface area contributed by atoms with E-state index in [0.717, 1.165) is 77.0 Å². The topological polar surface area (TPSA) is 111 Å². The van der Waals surface area contributed by atoms with Crippen molar-refractivity contribution in [3.8, 4) is 0 Å². The predicted molar refractivity (Wildman–Crippen MR) is 352 cm³/mol. The van der Waals surface area contributed by atoms with E-state index in [1.807, 2.05) is 21.1 Å². The lowest BCUT2D eigenvalue weighted by Crippen LogP contribution is -2.44. The highest BCUT2D eigenvalue weighted by atomic mass is 16.7. The molecule has 0 saturated heterocycles. The lowest BCUT2D eigenvalue weighted by Gasteiger charge is -2.26. The van der Waals surface area contributed by atoms with Crippen LogP contribution in [0.15, 0.2) is 85.1 Å². The third-order valence-electron chi connectivity index (χ3n) is 15.1. The minimum Gasteiger partial charge on any atom is -0.545 e. The number of hydrogen-bond donors (Lipinski definition) is 0. The van der Waals surface area contributed by atoms with Gasteiger partial charge >= 0.3 is 11.9 Å². The van der Waals surface area contributed by atoms with E-state index in [4.69, 9.17) is 18.9 Å². The summed E-state index contributed by atoms with van der Waals surface area (Å²) in [5, 5.41) is 11.8. The molecule has 0 rings (SSSR count). The maximum Gasteiger partial charge on any atom is 0.306 e. The number of rotatable bonds is 64. The van der Waals surface area contributed by atoms with Gasteiger partial charge in [-0.3, -0.25) is 9.59 Å². The number of carboxylic acids is 1. The van der Waals surface area contributed by atoms with E-state index in [2.05, 4.69) is 98.9 Å². The Morgan fingerprint density at radius 1 is 0.373 bits per heavy atom. The molecular weight excluding hydrogens is 1030 g/mol. The average molecular weight is 1160 g/mol. The number of nitrogens with zero attached hydrogens (tertiary/aromatic N) is 1. The molecule has 0 aromatic rings. The first-order valence-corrected chi connectivity index (χ1v) is 34.7.